The van der Waals surface area contributed by atoms with Crippen LogP contribution in [0.2, 0.25) is 0 Å². The molecular formula is C16H19NO3S. The highest BCUT2D eigenvalue weighted by Crippen LogP contribution is 2.39. The maximum absolute atomic E-state index is 12.2. The fourth-order valence-corrected chi connectivity index (χ4v) is 3.29. The zero-order chi connectivity index (χ0) is 15.6. The standard InChI is InChI=1S/C16H19NO3S/c1-5-20-16(18)14-13(10(3)21-15(14)17)11-6-7-12(19-4)9(2)8-11/h6-8H,5,17H2,1-4H3. The lowest BCUT2D eigenvalue weighted by atomic mass is 9.99. The van der Waals surface area contributed by atoms with E-state index in [1.165, 1.54) is 11.3 Å². The van der Waals surface area contributed by atoms with Crippen LogP contribution in [0.3, 0.4) is 0 Å². The van der Waals surface area contributed by atoms with Gasteiger partial charge in [-0.05, 0) is 44.0 Å². The molecule has 2 rings (SSSR count). The van der Waals surface area contributed by atoms with Gasteiger partial charge in [-0.1, -0.05) is 6.07 Å². The number of ether oxygens (including phenoxy) is 2. The Hall–Kier alpha value is -2.01. The number of carbonyl (C=O) groups excluding carboxylic acids is 1. The van der Waals surface area contributed by atoms with E-state index in [1.807, 2.05) is 32.0 Å². The predicted molar refractivity (Wildman–Crippen MR) is 86.1 cm³/mol. The van der Waals surface area contributed by atoms with E-state index in [0.29, 0.717) is 17.2 Å². The molecule has 1 aromatic carbocycles. The Balaban J connectivity index is 2.58. The molecule has 21 heavy (non-hydrogen) atoms. The summed E-state index contributed by atoms with van der Waals surface area (Å²) in [5, 5.41) is 0.495. The third-order valence-electron chi connectivity index (χ3n) is 3.27. The number of hydrogen-bond acceptors (Lipinski definition) is 5. The van der Waals surface area contributed by atoms with Gasteiger partial charge in [0.25, 0.3) is 0 Å². The lowest BCUT2D eigenvalue weighted by Crippen LogP contribution is -2.07. The van der Waals surface area contributed by atoms with Crippen LogP contribution in [-0.4, -0.2) is 19.7 Å². The normalized spacial score (nSPS) is 10.5. The van der Waals surface area contributed by atoms with Crippen molar-refractivity contribution in [3.05, 3.63) is 34.2 Å². The van der Waals surface area contributed by atoms with Crippen LogP contribution in [0.4, 0.5) is 5.00 Å². The minimum atomic E-state index is -0.372. The van der Waals surface area contributed by atoms with Gasteiger partial charge in [-0.3, -0.25) is 0 Å². The van der Waals surface area contributed by atoms with Gasteiger partial charge in [-0.2, -0.15) is 0 Å². The quantitative estimate of drug-likeness (QED) is 0.873. The summed E-state index contributed by atoms with van der Waals surface area (Å²) in [6, 6.07) is 5.83. The highest BCUT2D eigenvalue weighted by atomic mass is 32.1. The molecule has 0 fully saturated rings. The van der Waals surface area contributed by atoms with Gasteiger partial charge in [0.15, 0.2) is 0 Å². The van der Waals surface area contributed by atoms with Gasteiger partial charge in [0, 0.05) is 10.4 Å². The number of nitrogens with two attached hydrogens (primary N) is 1. The van der Waals surface area contributed by atoms with Crippen molar-refractivity contribution in [2.75, 3.05) is 19.5 Å². The second-order valence-electron chi connectivity index (χ2n) is 4.68. The van der Waals surface area contributed by atoms with Gasteiger partial charge in [0.05, 0.1) is 13.7 Å². The highest BCUT2D eigenvalue weighted by Gasteiger charge is 2.23. The Kier molecular flexibility index (Phi) is 4.53. The van der Waals surface area contributed by atoms with Gasteiger partial charge in [0.2, 0.25) is 0 Å². The zero-order valence-corrected chi connectivity index (χ0v) is 13.5. The average molecular weight is 305 g/mol. The van der Waals surface area contributed by atoms with Crippen LogP contribution >= 0.6 is 11.3 Å². The van der Waals surface area contributed by atoms with Gasteiger partial charge in [-0.15, -0.1) is 11.3 Å². The molecule has 5 heteroatoms. The lowest BCUT2D eigenvalue weighted by Gasteiger charge is -2.10. The Morgan fingerprint density at radius 2 is 2.05 bits per heavy atom. The SMILES string of the molecule is CCOC(=O)c1c(N)sc(C)c1-c1ccc(OC)c(C)c1. The van der Waals surface area contributed by atoms with Crippen molar-refractivity contribution < 1.29 is 14.3 Å². The third-order valence-corrected chi connectivity index (χ3v) is 4.21. The van der Waals surface area contributed by atoms with E-state index in [1.54, 1.807) is 14.0 Å². The van der Waals surface area contributed by atoms with E-state index in [0.717, 1.165) is 27.3 Å². The Labute approximate surface area is 128 Å². The van der Waals surface area contributed by atoms with Crippen LogP contribution in [0.5, 0.6) is 5.75 Å². The second kappa shape index (κ2) is 6.18. The Bertz CT molecular complexity index is 676. The molecule has 112 valence electrons. The number of rotatable bonds is 4. The molecule has 0 saturated carbocycles. The maximum atomic E-state index is 12.2. The molecule has 0 aliphatic heterocycles. The first kappa shape index (κ1) is 15.4. The van der Waals surface area contributed by atoms with Crippen LogP contribution in [0.25, 0.3) is 11.1 Å². The number of aryl methyl sites for hydroxylation is 2. The molecule has 0 amide bonds. The molecule has 0 radical (unpaired) electrons. The number of anilines is 1. The van der Waals surface area contributed by atoms with Gasteiger partial charge < -0.3 is 15.2 Å². The summed E-state index contributed by atoms with van der Waals surface area (Å²) >= 11 is 1.41. The van der Waals surface area contributed by atoms with E-state index in [4.69, 9.17) is 15.2 Å². The van der Waals surface area contributed by atoms with Crippen molar-refractivity contribution in [2.24, 2.45) is 0 Å². The third kappa shape index (κ3) is 2.88. The summed E-state index contributed by atoms with van der Waals surface area (Å²) in [7, 11) is 1.64. The second-order valence-corrected chi connectivity index (χ2v) is 5.93. The molecule has 2 N–H and O–H groups in total. The van der Waals surface area contributed by atoms with E-state index in [-0.39, 0.29) is 5.97 Å². The number of thiophene rings is 1. The summed E-state index contributed by atoms with van der Waals surface area (Å²) in [5.41, 5.74) is 9.26. The molecule has 0 aliphatic carbocycles. The van der Waals surface area contributed by atoms with Crippen molar-refractivity contribution in [3.8, 4) is 16.9 Å². The van der Waals surface area contributed by atoms with E-state index in [9.17, 15) is 4.79 Å². The molecule has 0 saturated heterocycles. The maximum Gasteiger partial charge on any atom is 0.341 e. The average Bonchev–Trinajstić information content (AvgIpc) is 2.73. The number of benzene rings is 1. The van der Waals surface area contributed by atoms with Crippen molar-refractivity contribution in [2.45, 2.75) is 20.8 Å². The van der Waals surface area contributed by atoms with Gasteiger partial charge >= 0.3 is 5.97 Å². The number of methoxy groups -OCH3 is 1. The smallest absolute Gasteiger partial charge is 0.341 e. The summed E-state index contributed by atoms with van der Waals surface area (Å²) in [5.74, 6) is 0.445. The monoisotopic (exact) mass is 305 g/mol. The highest BCUT2D eigenvalue weighted by molar-refractivity contribution is 7.16. The number of hydrogen-bond donors (Lipinski definition) is 1. The molecule has 0 spiro atoms. The van der Waals surface area contributed by atoms with Crippen LogP contribution in [0.15, 0.2) is 18.2 Å². The lowest BCUT2D eigenvalue weighted by molar-refractivity contribution is 0.0529. The van der Waals surface area contributed by atoms with Crippen molar-refractivity contribution in [3.63, 3.8) is 0 Å². The first-order chi connectivity index (χ1) is 9.99. The molecule has 2 aromatic rings. The van der Waals surface area contributed by atoms with E-state index < -0.39 is 0 Å². The molecule has 1 heterocycles. The molecular weight excluding hydrogens is 286 g/mol. The van der Waals surface area contributed by atoms with E-state index in [2.05, 4.69) is 0 Å². The fourth-order valence-electron chi connectivity index (χ4n) is 2.35. The molecule has 0 aliphatic rings. The fraction of sp³-hybridized carbons (Fsp3) is 0.312. The molecule has 0 atom stereocenters. The summed E-state index contributed by atoms with van der Waals surface area (Å²) < 4.78 is 10.4. The Morgan fingerprint density at radius 3 is 2.62 bits per heavy atom. The van der Waals surface area contributed by atoms with Crippen LogP contribution < -0.4 is 10.5 Å². The zero-order valence-electron chi connectivity index (χ0n) is 12.6. The van der Waals surface area contributed by atoms with Crippen LogP contribution in [0.1, 0.15) is 27.7 Å². The minimum absolute atomic E-state index is 0.328. The topological polar surface area (TPSA) is 61.5 Å². The van der Waals surface area contributed by atoms with Crippen LogP contribution in [0, 0.1) is 13.8 Å². The number of esters is 1. The molecule has 0 bridgehead atoms. The summed E-state index contributed by atoms with van der Waals surface area (Å²) in [6.45, 7) is 6.04. The largest absolute Gasteiger partial charge is 0.496 e. The number of carbonyl (C=O) groups is 1. The minimum Gasteiger partial charge on any atom is -0.496 e. The first-order valence-corrected chi connectivity index (χ1v) is 7.52. The molecule has 4 nitrogen and oxygen atoms in total. The summed E-state index contributed by atoms with van der Waals surface area (Å²) in [4.78, 5) is 13.2. The van der Waals surface area contributed by atoms with E-state index >= 15 is 0 Å². The molecule has 0 unspecified atom stereocenters. The summed E-state index contributed by atoms with van der Waals surface area (Å²) in [6.07, 6.45) is 0. The van der Waals surface area contributed by atoms with Gasteiger partial charge in [0.1, 0.15) is 16.3 Å². The first-order valence-electron chi connectivity index (χ1n) is 6.70. The number of nitrogen functional groups attached to an aromatic ring is 1. The van der Waals surface area contributed by atoms with Crippen LogP contribution in [-0.2, 0) is 4.74 Å². The van der Waals surface area contributed by atoms with Crippen molar-refractivity contribution in [1.29, 1.82) is 0 Å². The van der Waals surface area contributed by atoms with Gasteiger partial charge in [-0.25, -0.2) is 4.79 Å². The molecule has 1 aromatic heterocycles. The van der Waals surface area contributed by atoms with Crippen molar-refractivity contribution >= 4 is 22.3 Å². The van der Waals surface area contributed by atoms with Crippen molar-refractivity contribution in [1.82, 2.24) is 0 Å². The predicted octanol–water partition coefficient (Wildman–Crippen LogP) is 3.80. The Morgan fingerprint density at radius 1 is 1.33 bits per heavy atom.